The molecule has 0 saturated carbocycles. The van der Waals surface area contributed by atoms with E-state index in [0.717, 1.165) is 0 Å². The Kier molecular flexibility index (Phi) is 18.6. The average Bonchev–Trinajstić information content (AvgIpc) is 1.54. The maximum Gasteiger partial charge on any atom is 0.0541 e. The maximum absolute atomic E-state index is 2.55. The highest BCUT2D eigenvalue weighted by molar-refractivity contribution is 7.27. The molecule has 19 aromatic carbocycles. The van der Waals surface area contributed by atoms with E-state index < -0.39 is 0 Å². The smallest absolute Gasteiger partial charge is 0.0541 e. The molecule has 4 aliphatic rings. The van der Waals surface area contributed by atoms with E-state index in [0.29, 0.717) is 0 Å². The van der Waals surface area contributed by atoms with E-state index in [1.165, 1.54) is 272 Å². The van der Waals surface area contributed by atoms with Crippen LogP contribution in [-0.4, -0.2) is 18.3 Å². The van der Waals surface area contributed by atoms with Gasteiger partial charge in [-0.1, -0.05) is 360 Å². The first-order valence-electron chi connectivity index (χ1n) is 48.6. The number of aromatic nitrogens is 4. The lowest BCUT2D eigenvalue weighted by atomic mass is 9.81. The standard InChI is InChI=1S/C53H36N2S.C44H33NS.C35H25NS.CH4/c1-53(2)45-17-9-6-16-41(45)51-44-32-36(35-22-27-47-42(30-35)39-14-7-10-18-46(39)54(47)37-12-4-3-5-13-37)23-28-48(44)55(52(51)53)38-25-20-33(21-26-38)34-24-29-50-43(31-34)40-15-8-11-19-49(40)56-50;1-43(2)36-24-26(28-15-11-16-32-31-12-7-10-19-39(31)46-41(28)32)20-22-29(36)30-23-21-27(25-37(30)43)45-38-18-9-6-14-34(38)40-33-13-5-8-17-35(33)44(3,4)42(40)45;1-35(2)29-15-6-3-11-27(29)32-28-12-4-7-16-30(28)36(34(32)35)23-20-18-22(19-21-23)24-13-9-14-26-25-10-5-8-17-31(25)37-33(24)26;/h3-32H,1-2H3;5-25H,1-4H3;3-21H,1-2H3;1H4. The summed E-state index contributed by atoms with van der Waals surface area (Å²) < 4.78 is 18.1. The molecule has 0 fully saturated rings. The zero-order valence-corrected chi connectivity index (χ0v) is 80.9. The monoisotopic (exact) mass is 1850 g/mol. The van der Waals surface area contributed by atoms with Crippen molar-refractivity contribution in [3.8, 4) is 112 Å². The van der Waals surface area contributed by atoms with E-state index in [-0.39, 0.29) is 29.1 Å². The predicted octanol–water partition coefficient (Wildman–Crippen LogP) is 37.6. The number of para-hydroxylation sites is 4. The highest BCUT2D eigenvalue weighted by Gasteiger charge is 2.45. The molecule has 0 aliphatic heterocycles. The summed E-state index contributed by atoms with van der Waals surface area (Å²) in [5, 5.41) is 14.5. The zero-order valence-electron chi connectivity index (χ0n) is 78.4. The van der Waals surface area contributed by atoms with Crippen molar-refractivity contribution in [2.24, 2.45) is 0 Å². The molecule has 7 aromatic heterocycles. The van der Waals surface area contributed by atoms with E-state index in [1.807, 2.05) is 34.0 Å². The molecular formula is C133H98N4S3. The van der Waals surface area contributed by atoms with Crippen molar-refractivity contribution < 1.29 is 0 Å². The molecule has 7 heterocycles. The third-order valence-electron chi connectivity index (χ3n) is 31.4. The van der Waals surface area contributed by atoms with E-state index in [4.69, 9.17) is 0 Å². The van der Waals surface area contributed by atoms with Gasteiger partial charge in [0.05, 0.1) is 27.6 Å². The summed E-state index contributed by atoms with van der Waals surface area (Å²) in [6.45, 7) is 19.1. The Morgan fingerprint density at radius 2 is 0.500 bits per heavy atom. The van der Waals surface area contributed by atoms with Gasteiger partial charge in [-0.15, -0.1) is 34.0 Å². The van der Waals surface area contributed by atoms with Gasteiger partial charge in [-0.3, -0.25) is 0 Å². The second-order valence-corrected chi connectivity index (χ2v) is 43.6. The first-order chi connectivity index (χ1) is 68.0. The van der Waals surface area contributed by atoms with Gasteiger partial charge < -0.3 is 18.3 Å². The number of fused-ring (bicyclic) bond motifs is 30. The summed E-state index contributed by atoms with van der Waals surface area (Å²) in [5.74, 6) is 0. The molecule has 0 spiro atoms. The van der Waals surface area contributed by atoms with Gasteiger partial charge in [0.1, 0.15) is 0 Å². The molecule has 0 saturated heterocycles. The van der Waals surface area contributed by atoms with Crippen molar-refractivity contribution in [1.82, 2.24) is 18.3 Å². The summed E-state index contributed by atoms with van der Waals surface area (Å²) in [5.41, 5.74) is 42.7. The van der Waals surface area contributed by atoms with E-state index in [9.17, 15) is 0 Å². The molecule has 26 aromatic rings. The maximum atomic E-state index is 2.55. The lowest BCUT2D eigenvalue weighted by Gasteiger charge is -2.26. The molecule has 0 amide bonds. The first kappa shape index (κ1) is 83.6. The van der Waals surface area contributed by atoms with Crippen LogP contribution >= 0.6 is 34.0 Å². The number of rotatable bonds is 8. The number of benzene rings is 19. The molecular weight excluding hydrogens is 1750 g/mol. The van der Waals surface area contributed by atoms with Crippen molar-refractivity contribution in [3.05, 3.63) is 470 Å². The van der Waals surface area contributed by atoms with Crippen LogP contribution in [0.15, 0.2) is 425 Å². The zero-order chi connectivity index (χ0) is 92.8. The summed E-state index contributed by atoms with van der Waals surface area (Å²) in [6.07, 6.45) is 0. The number of hydrogen-bond acceptors (Lipinski definition) is 3. The fourth-order valence-electron chi connectivity index (χ4n) is 25.0. The molecule has 0 N–H and O–H groups in total. The molecule has 668 valence electrons. The fraction of sp³-hybridized carbons (Fsp3) is 0.0977. The molecule has 0 unspecified atom stereocenters. The van der Waals surface area contributed by atoms with Crippen molar-refractivity contribution in [1.29, 1.82) is 0 Å². The Morgan fingerprint density at radius 1 is 0.171 bits per heavy atom. The van der Waals surface area contributed by atoms with E-state index in [1.54, 1.807) is 0 Å². The molecule has 0 bridgehead atoms. The lowest BCUT2D eigenvalue weighted by Crippen LogP contribution is -2.20. The quantitative estimate of drug-likeness (QED) is 0.144. The van der Waals surface area contributed by atoms with Crippen LogP contribution in [0.2, 0.25) is 0 Å². The molecule has 4 aliphatic carbocycles. The first-order valence-corrected chi connectivity index (χ1v) is 51.0. The van der Waals surface area contributed by atoms with Gasteiger partial charge in [-0.05, 0) is 228 Å². The summed E-state index contributed by atoms with van der Waals surface area (Å²) >= 11 is 5.67. The second kappa shape index (κ2) is 31.1. The van der Waals surface area contributed by atoms with Crippen LogP contribution in [-0.2, 0) is 21.7 Å². The van der Waals surface area contributed by atoms with Gasteiger partial charge in [-0.25, -0.2) is 0 Å². The molecule has 0 atom stereocenters. The minimum atomic E-state index is -0.174. The van der Waals surface area contributed by atoms with Crippen LogP contribution in [0.5, 0.6) is 0 Å². The second-order valence-electron chi connectivity index (χ2n) is 40.5. The minimum absolute atomic E-state index is 0. The van der Waals surface area contributed by atoms with E-state index >= 15 is 0 Å². The Bertz CT molecular complexity index is 9700. The number of thiophene rings is 3. The molecule has 4 nitrogen and oxygen atoms in total. The highest BCUT2D eigenvalue weighted by atomic mass is 32.1. The Hall–Kier alpha value is -15.7. The van der Waals surface area contributed by atoms with Gasteiger partial charge in [0, 0.05) is 166 Å². The van der Waals surface area contributed by atoms with Crippen molar-refractivity contribution >= 4 is 149 Å². The minimum Gasteiger partial charge on any atom is -0.312 e. The van der Waals surface area contributed by atoms with Crippen LogP contribution in [0.3, 0.4) is 0 Å². The molecule has 7 heteroatoms. The Labute approximate surface area is 826 Å². The lowest BCUT2D eigenvalue weighted by molar-refractivity contribution is 0.622. The molecule has 140 heavy (non-hydrogen) atoms. The van der Waals surface area contributed by atoms with Crippen LogP contribution in [0, 0.1) is 0 Å². The molecule has 30 rings (SSSR count). The van der Waals surface area contributed by atoms with Crippen molar-refractivity contribution in [2.75, 3.05) is 0 Å². The third-order valence-corrected chi connectivity index (χ3v) is 35.0. The Balaban J connectivity index is 0.000000107. The largest absolute Gasteiger partial charge is 0.312 e. The average molecular weight is 1850 g/mol. The number of hydrogen-bond donors (Lipinski definition) is 0. The van der Waals surface area contributed by atoms with Gasteiger partial charge in [0.2, 0.25) is 0 Å². The predicted molar refractivity (Wildman–Crippen MR) is 602 cm³/mol. The van der Waals surface area contributed by atoms with Crippen LogP contribution in [0.25, 0.3) is 227 Å². The summed E-state index contributed by atoms with van der Waals surface area (Å²) in [6, 6.07) is 158. The van der Waals surface area contributed by atoms with Crippen molar-refractivity contribution in [3.63, 3.8) is 0 Å². The van der Waals surface area contributed by atoms with Gasteiger partial charge in [0.25, 0.3) is 0 Å². The van der Waals surface area contributed by atoms with Crippen molar-refractivity contribution in [2.45, 2.75) is 84.5 Å². The molecule has 0 radical (unpaired) electrons. The van der Waals surface area contributed by atoms with Crippen LogP contribution < -0.4 is 0 Å². The SMILES string of the molecule is C.CC1(C)c2cc(-c3cccc4c3sc3ccccc34)ccc2-c2ccc(-n3c4c(c5ccccc53)-c3ccccc3C4(C)C)cc21.CC1(C)c2ccccc2-c2c1n(-c1ccc(-c3ccc4sc5ccccc5c4c3)cc1)c1ccc(-c3ccc4c(c3)c3ccccc3n4-c3ccccc3)cc21.CC1(C)c2ccccc2-c2c1n(-c1ccc(-c3cccc4c3sc3ccccc34)cc1)c1ccccc21. The van der Waals surface area contributed by atoms with Crippen LogP contribution in [0.1, 0.15) is 108 Å². The topological polar surface area (TPSA) is 19.7 Å². The summed E-state index contributed by atoms with van der Waals surface area (Å²) in [4.78, 5) is 0. The van der Waals surface area contributed by atoms with Gasteiger partial charge in [0.15, 0.2) is 0 Å². The fourth-order valence-corrected chi connectivity index (χ4v) is 28.5. The third kappa shape index (κ3) is 12.2. The van der Waals surface area contributed by atoms with Gasteiger partial charge >= 0.3 is 0 Å². The van der Waals surface area contributed by atoms with Gasteiger partial charge in [-0.2, -0.15) is 0 Å². The number of nitrogens with zero attached hydrogens (tertiary/aromatic N) is 4. The highest BCUT2D eigenvalue weighted by Crippen LogP contribution is 2.60. The summed E-state index contributed by atoms with van der Waals surface area (Å²) in [7, 11) is 0. The van der Waals surface area contributed by atoms with Crippen LogP contribution in [0.4, 0.5) is 0 Å². The Morgan fingerprint density at radius 3 is 1.04 bits per heavy atom. The van der Waals surface area contributed by atoms with E-state index in [2.05, 4.69) is 498 Å². The normalized spacial score (nSPS) is 14.0.